The topological polar surface area (TPSA) is 44.8 Å². The molecule has 0 heterocycles. The molecule has 0 aromatic heterocycles. The Kier molecular flexibility index (Phi) is 14.7. The number of ether oxygens (including phenoxy) is 3. The predicted octanol–water partition coefficient (Wildman–Crippen LogP) is 9.16. The highest BCUT2D eigenvalue weighted by molar-refractivity contribution is 5.91. The molecule has 0 aliphatic carbocycles. The largest absolute Gasteiger partial charge is 0.494 e. The zero-order chi connectivity index (χ0) is 25.1. The van der Waals surface area contributed by atoms with Crippen LogP contribution in [0.4, 0.5) is 0 Å². The lowest BCUT2D eigenvalue weighted by atomic mass is 10.1. The van der Waals surface area contributed by atoms with Gasteiger partial charge in [0.05, 0.1) is 18.3 Å². The van der Waals surface area contributed by atoms with E-state index in [1.54, 1.807) is 24.3 Å². The molecule has 0 aliphatic heterocycles. The molecule has 0 bridgehead atoms. The van der Waals surface area contributed by atoms with Crippen LogP contribution in [0.25, 0.3) is 0 Å². The molecule has 0 radical (unpaired) electrons. The summed E-state index contributed by atoms with van der Waals surface area (Å²) in [4.78, 5) is 12.5. The Morgan fingerprint density at radius 3 is 1.80 bits per heavy atom. The van der Waals surface area contributed by atoms with Crippen LogP contribution in [0.3, 0.4) is 0 Å². The van der Waals surface area contributed by atoms with Crippen LogP contribution in [0.5, 0.6) is 17.2 Å². The molecule has 0 spiro atoms. The molecule has 4 nitrogen and oxygen atoms in total. The van der Waals surface area contributed by atoms with Gasteiger partial charge in [-0.25, -0.2) is 4.79 Å². The van der Waals surface area contributed by atoms with Gasteiger partial charge in [0.15, 0.2) is 0 Å². The summed E-state index contributed by atoms with van der Waals surface area (Å²) < 4.78 is 17.3. The third-order valence-corrected chi connectivity index (χ3v) is 6.19. The minimum Gasteiger partial charge on any atom is -0.494 e. The number of rotatable bonds is 19. The lowest BCUT2D eigenvalue weighted by molar-refractivity contribution is 0.0734. The molecular formula is C31H46O4. The van der Waals surface area contributed by atoms with Gasteiger partial charge >= 0.3 is 5.97 Å². The highest BCUT2D eigenvalue weighted by atomic mass is 16.5. The number of carbonyl (C=O) groups is 1. The van der Waals surface area contributed by atoms with Gasteiger partial charge in [-0.3, -0.25) is 0 Å². The first-order valence-electron chi connectivity index (χ1n) is 13.8. The van der Waals surface area contributed by atoms with Gasteiger partial charge in [-0.2, -0.15) is 0 Å². The number of hydrogen-bond donors (Lipinski definition) is 0. The Morgan fingerprint density at radius 2 is 1.17 bits per heavy atom. The molecule has 1 unspecified atom stereocenters. The molecule has 2 aromatic rings. The van der Waals surface area contributed by atoms with Gasteiger partial charge in [0, 0.05) is 0 Å². The first-order chi connectivity index (χ1) is 17.1. The van der Waals surface area contributed by atoms with Crippen molar-refractivity contribution in [2.45, 2.75) is 110 Å². The summed E-state index contributed by atoms with van der Waals surface area (Å²) in [6, 6.07) is 14.4. The molecule has 0 saturated heterocycles. The molecule has 0 fully saturated rings. The second-order valence-electron chi connectivity index (χ2n) is 9.49. The van der Waals surface area contributed by atoms with Crippen LogP contribution in [-0.4, -0.2) is 18.7 Å². The van der Waals surface area contributed by atoms with Crippen LogP contribution in [0, 0.1) is 0 Å². The summed E-state index contributed by atoms with van der Waals surface area (Å²) in [5.41, 5.74) is 0.505. The fourth-order valence-electron chi connectivity index (χ4n) is 4.02. The Hall–Kier alpha value is -2.49. The van der Waals surface area contributed by atoms with Crippen LogP contribution in [0.2, 0.25) is 0 Å². The predicted molar refractivity (Wildman–Crippen MR) is 145 cm³/mol. The Bertz CT molecular complexity index is 798. The summed E-state index contributed by atoms with van der Waals surface area (Å²) in [7, 11) is 0. The molecule has 2 aromatic carbocycles. The summed E-state index contributed by atoms with van der Waals surface area (Å²) >= 11 is 0. The van der Waals surface area contributed by atoms with Gasteiger partial charge in [0.2, 0.25) is 0 Å². The molecule has 0 amide bonds. The van der Waals surface area contributed by atoms with Crippen LogP contribution < -0.4 is 14.2 Å². The zero-order valence-corrected chi connectivity index (χ0v) is 22.2. The van der Waals surface area contributed by atoms with Crippen molar-refractivity contribution in [3.63, 3.8) is 0 Å². The van der Waals surface area contributed by atoms with Crippen molar-refractivity contribution in [3.05, 3.63) is 54.1 Å². The van der Waals surface area contributed by atoms with E-state index in [1.165, 1.54) is 70.6 Å². The van der Waals surface area contributed by atoms with Crippen molar-refractivity contribution in [2.24, 2.45) is 0 Å². The van der Waals surface area contributed by atoms with E-state index in [2.05, 4.69) is 20.8 Å². The Labute approximate surface area is 213 Å². The van der Waals surface area contributed by atoms with Crippen LogP contribution >= 0.6 is 0 Å². The van der Waals surface area contributed by atoms with Crippen LogP contribution in [0.15, 0.2) is 48.5 Å². The maximum Gasteiger partial charge on any atom is 0.343 e. The normalized spacial score (nSPS) is 11.7. The highest BCUT2D eigenvalue weighted by Crippen LogP contribution is 2.22. The number of esters is 1. The van der Waals surface area contributed by atoms with Gasteiger partial charge in [-0.1, -0.05) is 78.1 Å². The minimum absolute atomic E-state index is 0.177. The second-order valence-corrected chi connectivity index (χ2v) is 9.49. The summed E-state index contributed by atoms with van der Waals surface area (Å²) in [6.45, 7) is 7.28. The van der Waals surface area contributed by atoms with E-state index in [0.29, 0.717) is 17.9 Å². The van der Waals surface area contributed by atoms with Gasteiger partial charge in [0.1, 0.15) is 17.2 Å². The monoisotopic (exact) mass is 482 g/mol. The summed E-state index contributed by atoms with van der Waals surface area (Å²) in [6.07, 6.45) is 16.4. The van der Waals surface area contributed by atoms with Crippen molar-refractivity contribution in [2.75, 3.05) is 6.61 Å². The van der Waals surface area contributed by atoms with Gasteiger partial charge in [-0.05, 0) is 74.7 Å². The van der Waals surface area contributed by atoms with Crippen molar-refractivity contribution >= 4 is 5.97 Å². The lowest BCUT2D eigenvalue weighted by Gasteiger charge is -2.15. The SMILES string of the molecule is CCCCCCCCCCOc1ccc(C(=O)Oc2ccc(OC(C)CCCCCC)cc2)cc1. The second kappa shape index (κ2) is 17.9. The maximum absolute atomic E-state index is 12.5. The molecule has 1 atom stereocenters. The standard InChI is InChI=1S/C31H46O4/c1-4-6-8-10-11-12-13-15-25-33-28-19-17-27(18-20-28)31(32)35-30-23-21-29(22-24-30)34-26(3)16-14-9-7-5-2/h17-24,26H,4-16,25H2,1-3H3. The van der Waals surface area contributed by atoms with E-state index in [1.807, 2.05) is 24.3 Å². The third kappa shape index (κ3) is 12.7. The number of carbonyl (C=O) groups excluding carboxylic acids is 1. The molecule has 194 valence electrons. The first kappa shape index (κ1) is 28.7. The Balaban J connectivity index is 1.66. The first-order valence-corrected chi connectivity index (χ1v) is 13.8. The van der Waals surface area contributed by atoms with Crippen molar-refractivity contribution in [1.29, 1.82) is 0 Å². The van der Waals surface area contributed by atoms with E-state index in [4.69, 9.17) is 14.2 Å². The summed E-state index contributed by atoms with van der Waals surface area (Å²) in [5.74, 6) is 1.71. The van der Waals surface area contributed by atoms with Crippen molar-refractivity contribution in [3.8, 4) is 17.2 Å². The van der Waals surface area contributed by atoms with Gasteiger partial charge in [-0.15, -0.1) is 0 Å². The smallest absolute Gasteiger partial charge is 0.343 e. The fourth-order valence-corrected chi connectivity index (χ4v) is 4.02. The van der Waals surface area contributed by atoms with Gasteiger partial charge in [0.25, 0.3) is 0 Å². The minimum atomic E-state index is -0.377. The van der Waals surface area contributed by atoms with E-state index in [9.17, 15) is 4.79 Å². The molecule has 0 aliphatic rings. The molecule has 0 N–H and O–H groups in total. The number of hydrogen-bond acceptors (Lipinski definition) is 4. The average molecular weight is 483 g/mol. The van der Waals surface area contributed by atoms with E-state index in [-0.39, 0.29) is 12.1 Å². The van der Waals surface area contributed by atoms with Gasteiger partial charge < -0.3 is 14.2 Å². The number of unbranched alkanes of at least 4 members (excludes halogenated alkanes) is 10. The highest BCUT2D eigenvalue weighted by Gasteiger charge is 2.10. The van der Waals surface area contributed by atoms with E-state index < -0.39 is 0 Å². The third-order valence-electron chi connectivity index (χ3n) is 6.19. The average Bonchev–Trinajstić information content (AvgIpc) is 2.87. The van der Waals surface area contributed by atoms with Crippen LogP contribution in [0.1, 0.15) is 115 Å². The Morgan fingerprint density at radius 1 is 0.657 bits per heavy atom. The molecule has 35 heavy (non-hydrogen) atoms. The molecule has 2 rings (SSSR count). The fraction of sp³-hybridized carbons (Fsp3) is 0.581. The van der Waals surface area contributed by atoms with Crippen molar-refractivity contribution in [1.82, 2.24) is 0 Å². The quantitative estimate of drug-likeness (QED) is 0.114. The summed E-state index contributed by atoms with van der Waals surface area (Å²) in [5, 5.41) is 0. The van der Waals surface area contributed by atoms with E-state index in [0.717, 1.165) is 24.3 Å². The van der Waals surface area contributed by atoms with Crippen LogP contribution in [-0.2, 0) is 0 Å². The zero-order valence-electron chi connectivity index (χ0n) is 22.2. The molecular weight excluding hydrogens is 436 g/mol. The van der Waals surface area contributed by atoms with Crippen molar-refractivity contribution < 1.29 is 19.0 Å². The maximum atomic E-state index is 12.5. The molecule has 4 heteroatoms. The lowest BCUT2D eigenvalue weighted by Crippen LogP contribution is -2.11. The number of benzene rings is 2. The van der Waals surface area contributed by atoms with E-state index >= 15 is 0 Å². The molecule has 0 saturated carbocycles.